The van der Waals surface area contributed by atoms with Crippen LogP contribution in [0.2, 0.25) is 0 Å². The third-order valence-electron chi connectivity index (χ3n) is 3.95. The van der Waals surface area contributed by atoms with Gasteiger partial charge in [0.05, 0.1) is 17.7 Å². The lowest BCUT2D eigenvalue weighted by molar-refractivity contribution is 0.247. The van der Waals surface area contributed by atoms with E-state index in [0.717, 1.165) is 19.3 Å². The number of urea groups is 1. The Kier molecular flexibility index (Phi) is 4.06. The molecule has 0 saturated carbocycles. The molecule has 22 heavy (non-hydrogen) atoms. The minimum absolute atomic E-state index is 0.0586. The first-order valence-corrected chi connectivity index (χ1v) is 7.42. The van der Waals surface area contributed by atoms with Gasteiger partial charge in [-0.05, 0) is 54.7 Å². The van der Waals surface area contributed by atoms with Crippen molar-refractivity contribution in [3.63, 3.8) is 0 Å². The average Bonchev–Trinajstić information content (AvgIpc) is 2.56. The van der Waals surface area contributed by atoms with Crippen LogP contribution in [-0.4, -0.2) is 6.03 Å². The largest absolute Gasteiger partial charge is 0.331 e. The number of nitrogens with zero attached hydrogens (tertiary/aromatic N) is 1. The molecule has 0 fully saturated rings. The number of aryl methyl sites for hydroxylation is 1. The van der Waals surface area contributed by atoms with Crippen molar-refractivity contribution in [2.24, 2.45) is 0 Å². The maximum atomic E-state index is 12.2. The number of rotatable bonds is 2. The number of anilines is 1. The van der Waals surface area contributed by atoms with Crippen LogP contribution in [0.3, 0.4) is 0 Å². The molecule has 4 nitrogen and oxygen atoms in total. The predicted octanol–water partition coefficient (Wildman–Crippen LogP) is 3.76. The minimum atomic E-state index is -0.216. The van der Waals surface area contributed by atoms with E-state index in [-0.39, 0.29) is 12.1 Å². The standard InChI is InChI=1S/C18H17N3O/c19-12-13-8-10-15(11-9-13)20-18(22)21-17-7-3-5-14-4-1-2-6-16(14)17/h1-2,4,6,8-11,17H,3,5,7H2,(H2,20,21,22). The lowest BCUT2D eigenvalue weighted by Crippen LogP contribution is -2.34. The summed E-state index contributed by atoms with van der Waals surface area (Å²) in [5, 5.41) is 14.6. The maximum absolute atomic E-state index is 12.2. The molecule has 0 bridgehead atoms. The van der Waals surface area contributed by atoms with Gasteiger partial charge in [-0.3, -0.25) is 0 Å². The molecule has 1 aliphatic carbocycles. The molecule has 0 aliphatic heterocycles. The first kappa shape index (κ1) is 14.2. The second-order valence-electron chi connectivity index (χ2n) is 5.43. The van der Waals surface area contributed by atoms with Gasteiger partial charge in [0.1, 0.15) is 0 Å². The van der Waals surface area contributed by atoms with Gasteiger partial charge in [-0.25, -0.2) is 4.79 Å². The summed E-state index contributed by atoms with van der Waals surface area (Å²) in [4.78, 5) is 12.2. The van der Waals surface area contributed by atoms with Crippen molar-refractivity contribution in [1.29, 1.82) is 5.26 Å². The van der Waals surface area contributed by atoms with Crippen LogP contribution < -0.4 is 10.6 Å². The van der Waals surface area contributed by atoms with E-state index in [2.05, 4.69) is 28.8 Å². The van der Waals surface area contributed by atoms with Crippen molar-refractivity contribution in [3.05, 3.63) is 65.2 Å². The van der Waals surface area contributed by atoms with Gasteiger partial charge in [0.2, 0.25) is 0 Å². The van der Waals surface area contributed by atoms with Crippen LogP contribution in [0.25, 0.3) is 0 Å². The Bertz CT molecular complexity index is 716. The molecule has 3 rings (SSSR count). The fourth-order valence-electron chi connectivity index (χ4n) is 2.86. The molecular weight excluding hydrogens is 274 g/mol. The van der Waals surface area contributed by atoms with E-state index >= 15 is 0 Å². The number of benzene rings is 2. The van der Waals surface area contributed by atoms with Crippen LogP contribution in [0, 0.1) is 11.3 Å². The van der Waals surface area contributed by atoms with Crippen molar-refractivity contribution in [1.82, 2.24) is 5.32 Å². The Morgan fingerprint density at radius 2 is 1.91 bits per heavy atom. The molecule has 2 aromatic rings. The lowest BCUT2D eigenvalue weighted by Gasteiger charge is -2.26. The van der Waals surface area contributed by atoms with Gasteiger partial charge in [0, 0.05) is 5.69 Å². The van der Waals surface area contributed by atoms with Crippen LogP contribution >= 0.6 is 0 Å². The molecule has 1 atom stereocenters. The van der Waals surface area contributed by atoms with Crippen LogP contribution in [0.4, 0.5) is 10.5 Å². The maximum Gasteiger partial charge on any atom is 0.319 e. The van der Waals surface area contributed by atoms with E-state index in [4.69, 9.17) is 5.26 Å². The number of hydrogen-bond acceptors (Lipinski definition) is 2. The third kappa shape index (κ3) is 3.09. The highest BCUT2D eigenvalue weighted by atomic mass is 16.2. The molecule has 1 aliphatic rings. The first-order valence-electron chi connectivity index (χ1n) is 7.42. The van der Waals surface area contributed by atoms with Gasteiger partial charge in [0.25, 0.3) is 0 Å². The van der Waals surface area contributed by atoms with Crippen LogP contribution in [0.5, 0.6) is 0 Å². The van der Waals surface area contributed by atoms with Gasteiger partial charge in [-0.15, -0.1) is 0 Å². The molecule has 2 amide bonds. The summed E-state index contributed by atoms with van der Waals surface area (Å²) in [7, 11) is 0. The monoisotopic (exact) mass is 291 g/mol. The zero-order valence-corrected chi connectivity index (χ0v) is 12.2. The predicted molar refractivity (Wildman–Crippen MR) is 85.4 cm³/mol. The Morgan fingerprint density at radius 1 is 1.14 bits per heavy atom. The molecule has 2 N–H and O–H groups in total. The third-order valence-corrected chi connectivity index (χ3v) is 3.95. The highest BCUT2D eigenvalue weighted by Gasteiger charge is 2.21. The summed E-state index contributed by atoms with van der Waals surface area (Å²) in [5.41, 5.74) is 3.79. The SMILES string of the molecule is N#Cc1ccc(NC(=O)NC2CCCc3ccccc32)cc1. The summed E-state index contributed by atoms with van der Waals surface area (Å²) < 4.78 is 0. The van der Waals surface area contributed by atoms with Crippen molar-refractivity contribution in [3.8, 4) is 6.07 Å². The fraction of sp³-hybridized carbons (Fsp3) is 0.222. The Hall–Kier alpha value is -2.80. The number of nitrogens with one attached hydrogen (secondary N) is 2. The summed E-state index contributed by atoms with van der Waals surface area (Å²) in [6.07, 6.45) is 3.11. The van der Waals surface area contributed by atoms with Gasteiger partial charge in [0.15, 0.2) is 0 Å². The van der Waals surface area contributed by atoms with Crippen molar-refractivity contribution in [2.75, 3.05) is 5.32 Å². The zero-order chi connectivity index (χ0) is 15.4. The Labute approximate surface area is 129 Å². The fourth-order valence-corrected chi connectivity index (χ4v) is 2.86. The van der Waals surface area contributed by atoms with Gasteiger partial charge in [-0.1, -0.05) is 24.3 Å². The number of fused-ring (bicyclic) bond motifs is 1. The minimum Gasteiger partial charge on any atom is -0.331 e. The van der Waals surface area contributed by atoms with Crippen molar-refractivity contribution in [2.45, 2.75) is 25.3 Å². The number of nitriles is 1. The second kappa shape index (κ2) is 6.31. The van der Waals surface area contributed by atoms with E-state index in [0.29, 0.717) is 11.3 Å². The normalized spacial score (nSPS) is 16.2. The van der Waals surface area contributed by atoms with Gasteiger partial charge < -0.3 is 10.6 Å². The lowest BCUT2D eigenvalue weighted by atomic mass is 9.88. The molecule has 0 spiro atoms. The molecule has 0 heterocycles. The second-order valence-corrected chi connectivity index (χ2v) is 5.43. The molecule has 4 heteroatoms. The Balaban J connectivity index is 1.66. The highest BCUT2D eigenvalue weighted by molar-refractivity contribution is 5.89. The summed E-state index contributed by atoms with van der Waals surface area (Å²) in [6.45, 7) is 0. The van der Waals surface area contributed by atoms with E-state index in [1.807, 2.05) is 12.1 Å². The van der Waals surface area contributed by atoms with Crippen LogP contribution in [-0.2, 0) is 6.42 Å². The van der Waals surface area contributed by atoms with E-state index in [1.165, 1.54) is 11.1 Å². The molecule has 2 aromatic carbocycles. The number of carbonyl (C=O) groups excluding carboxylic acids is 1. The molecular formula is C18H17N3O. The molecule has 110 valence electrons. The summed E-state index contributed by atoms with van der Waals surface area (Å²) in [6, 6.07) is 17.0. The van der Waals surface area contributed by atoms with E-state index < -0.39 is 0 Å². The van der Waals surface area contributed by atoms with E-state index in [1.54, 1.807) is 24.3 Å². The highest BCUT2D eigenvalue weighted by Crippen LogP contribution is 2.29. The van der Waals surface area contributed by atoms with Crippen molar-refractivity contribution >= 4 is 11.7 Å². The molecule has 0 aromatic heterocycles. The van der Waals surface area contributed by atoms with Crippen LogP contribution in [0.15, 0.2) is 48.5 Å². The van der Waals surface area contributed by atoms with Gasteiger partial charge >= 0.3 is 6.03 Å². The smallest absolute Gasteiger partial charge is 0.319 e. The summed E-state index contributed by atoms with van der Waals surface area (Å²) >= 11 is 0. The quantitative estimate of drug-likeness (QED) is 0.884. The number of carbonyl (C=O) groups is 1. The first-order chi connectivity index (χ1) is 10.8. The average molecular weight is 291 g/mol. The number of hydrogen-bond donors (Lipinski definition) is 2. The van der Waals surface area contributed by atoms with Gasteiger partial charge in [-0.2, -0.15) is 5.26 Å². The summed E-state index contributed by atoms with van der Waals surface area (Å²) in [5.74, 6) is 0. The van der Waals surface area contributed by atoms with Crippen molar-refractivity contribution < 1.29 is 4.79 Å². The number of amides is 2. The molecule has 1 unspecified atom stereocenters. The Morgan fingerprint density at radius 3 is 2.68 bits per heavy atom. The molecule has 0 saturated heterocycles. The van der Waals surface area contributed by atoms with E-state index in [9.17, 15) is 4.79 Å². The van der Waals surface area contributed by atoms with Crippen LogP contribution in [0.1, 0.15) is 35.6 Å². The zero-order valence-electron chi connectivity index (χ0n) is 12.2. The topological polar surface area (TPSA) is 64.9 Å². The molecule has 0 radical (unpaired) electrons.